The van der Waals surface area contributed by atoms with Gasteiger partial charge in [0.1, 0.15) is 10.6 Å². The second-order valence-corrected chi connectivity index (χ2v) is 7.42. The van der Waals surface area contributed by atoms with Crippen LogP contribution in [-0.2, 0) is 14.8 Å². The van der Waals surface area contributed by atoms with Crippen LogP contribution in [0, 0.1) is 0 Å². The van der Waals surface area contributed by atoms with Crippen LogP contribution < -0.4 is 4.74 Å². The molecule has 1 fully saturated rings. The van der Waals surface area contributed by atoms with E-state index in [9.17, 15) is 18.3 Å². The van der Waals surface area contributed by atoms with Crippen LogP contribution in [0.25, 0.3) is 0 Å². The van der Waals surface area contributed by atoms with E-state index >= 15 is 0 Å². The summed E-state index contributed by atoms with van der Waals surface area (Å²) >= 11 is 5.84. The first kappa shape index (κ1) is 17.0. The van der Waals surface area contributed by atoms with Crippen LogP contribution in [-0.4, -0.2) is 54.7 Å². The minimum atomic E-state index is -4.03. The molecule has 1 aliphatic heterocycles. The number of hydrogen-bond donors (Lipinski definition) is 2. The van der Waals surface area contributed by atoms with Crippen LogP contribution >= 0.6 is 11.6 Å². The zero-order valence-electron chi connectivity index (χ0n) is 11.8. The summed E-state index contributed by atoms with van der Waals surface area (Å²) in [5, 5.41) is 19.3. The summed E-state index contributed by atoms with van der Waals surface area (Å²) < 4.78 is 31.4. The van der Waals surface area contributed by atoms with E-state index in [1.54, 1.807) is 0 Å². The van der Waals surface area contributed by atoms with Crippen LogP contribution in [0.4, 0.5) is 0 Å². The molecule has 2 N–H and O–H groups in total. The van der Waals surface area contributed by atoms with Gasteiger partial charge < -0.3 is 14.9 Å². The van der Waals surface area contributed by atoms with Gasteiger partial charge in [0.2, 0.25) is 10.0 Å². The summed E-state index contributed by atoms with van der Waals surface area (Å²) in [5.74, 6) is -1.33. The Morgan fingerprint density at radius 1 is 1.45 bits per heavy atom. The standard InChI is InChI=1S/C13H16ClNO6S/c1-21-10-4-3-9(14)7-11(10)22(19,20)15-6-2-5-13(18,8-15)12(16)17/h3-4,7,18H,2,5-6,8H2,1H3,(H,16,17). The molecule has 1 aliphatic rings. The van der Waals surface area contributed by atoms with Gasteiger partial charge in [-0.3, -0.25) is 0 Å². The van der Waals surface area contributed by atoms with Crippen LogP contribution in [0.5, 0.6) is 5.75 Å². The number of ether oxygens (including phenoxy) is 1. The van der Waals surface area contributed by atoms with Crippen LogP contribution in [0.15, 0.2) is 23.1 Å². The molecular formula is C13H16ClNO6S. The lowest BCUT2D eigenvalue weighted by atomic mass is 9.95. The topological polar surface area (TPSA) is 104 Å². The Balaban J connectivity index is 2.43. The minimum Gasteiger partial charge on any atom is -0.495 e. The number of hydrogen-bond acceptors (Lipinski definition) is 5. The number of piperidine rings is 1. The van der Waals surface area contributed by atoms with Crippen LogP contribution in [0.2, 0.25) is 5.02 Å². The van der Waals surface area contributed by atoms with Gasteiger partial charge in [-0.15, -0.1) is 0 Å². The van der Waals surface area contributed by atoms with Crippen molar-refractivity contribution in [1.82, 2.24) is 4.31 Å². The first-order chi connectivity index (χ1) is 10.2. The van der Waals surface area contributed by atoms with Crippen molar-refractivity contribution < 1.29 is 28.2 Å². The molecule has 122 valence electrons. The highest BCUT2D eigenvalue weighted by molar-refractivity contribution is 7.89. The Hall–Kier alpha value is -1.35. The number of β-amino-alcohol motifs (C(OH)–C–C–N with tert-alkyl or cyclic N) is 1. The summed E-state index contributed by atoms with van der Waals surface area (Å²) in [7, 11) is -2.71. The molecule has 22 heavy (non-hydrogen) atoms. The lowest BCUT2D eigenvalue weighted by Gasteiger charge is -2.35. The predicted octanol–water partition coefficient (Wildman–Crippen LogP) is 0.949. The molecule has 0 bridgehead atoms. The molecule has 0 radical (unpaired) electrons. The molecule has 1 aromatic carbocycles. The zero-order chi connectivity index (χ0) is 16.5. The first-order valence-corrected chi connectivity index (χ1v) is 8.32. The highest BCUT2D eigenvalue weighted by Crippen LogP contribution is 2.32. The molecule has 1 heterocycles. The van der Waals surface area contributed by atoms with E-state index in [1.807, 2.05) is 0 Å². The fourth-order valence-corrected chi connectivity index (χ4v) is 4.32. The second-order valence-electron chi connectivity index (χ2n) is 5.07. The van der Waals surface area contributed by atoms with Gasteiger partial charge in [0, 0.05) is 11.6 Å². The van der Waals surface area contributed by atoms with E-state index in [4.69, 9.17) is 21.4 Å². The number of rotatable bonds is 4. The number of benzene rings is 1. The van der Waals surface area contributed by atoms with E-state index < -0.39 is 28.1 Å². The number of carboxylic acids is 1. The highest BCUT2D eigenvalue weighted by Gasteiger charge is 2.44. The van der Waals surface area contributed by atoms with Gasteiger partial charge in [0.25, 0.3) is 0 Å². The molecule has 0 aromatic heterocycles. The van der Waals surface area contributed by atoms with Crippen molar-refractivity contribution in [2.45, 2.75) is 23.3 Å². The number of halogens is 1. The van der Waals surface area contributed by atoms with E-state index in [0.717, 1.165) is 4.31 Å². The molecule has 1 atom stereocenters. The van der Waals surface area contributed by atoms with Gasteiger partial charge in [-0.05, 0) is 31.0 Å². The number of nitrogens with zero attached hydrogens (tertiary/aromatic N) is 1. The quantitative estimate of drug-likeness (QED) is 0.838. The summed E-state index contributed by atoms with van der Waals surface area (Å²) in [6.07, 6.45) is 0.242. The van der Waals surface area contributed by atoms with Gasteiger partial charge in [-0.25, -0.2) is 13.2 Å². The molecule has 2 rings (SSSR count). The molecule has 9 heteroatoms. The Morgan fingerprint density at radius 2 is 2.14 bits per heavy atom. The van der Waals surface area contributed by atoms with Gasteiger partial charge in [-0.1, -0.05) is 11.6 Å². The van der Waals surface area contributed by atoms with Crippen molar-refractivity contribution in [2.24, 2.45) is 0 Å². The molecule has 1 saturated heterocycles. The molecule has 0 saturated carbocycles. The molecule has 1 unspecified atom stereocenters. The summed E-state index contributed by atoms with van der Waals surface area (Å²) in [6, 6.07) is 4.15. The van der Waals surface area contributed by atoms with E-state index in [1.165, 1.54) is 25.3 Å². The maximum absolute atomic E-state index is 12.7. The normalized spacial score (nSPS) is 23.2. The smallest absolute Gasteiger partial charge is 0.337 e. The number of carboxylic acid groups (broad SMARTS) is 1. The molecule has 0 amide bonds. The maximum Gasteiger partial charge on any atom is 0.337 e. The van der Waals surface area contributed by atoms with Crippen molar-refractivity contribution in [3.05, 3.63) is 23.2 Å². The van der Waals surface area contributed by atoms with Gasteiger partial charge >= 0.3 is 5.97 Å². The number of aliphatic hydroxyl groups is 1. The summed E-state index contributed by atoms with van der Waals surface area (Å²) in [4.78, 5) is 11.0. The Morgan fingerprint density at radius 3 is 2.73 bits per heavy atom. The van der Waals surface area contributed by atoms with Gasteiger partial charge in [0.15, 0.2) is 5.60 Å². The van der Waals surface area contributed by atoms with Crippen molar-refractivity contribution in [3.63, 3.8) is 0 Å². The summed E-state index contributed by atoms with van der Waals surface area (Å²) in [6.45, 7) is -0.395. The van der Waals surface area contributed by atoms with Crippen molar-refractivity contribution in [1.29, 1.82) is 0 Å². The molecule has 0 aliphatic carbocycles. The monoisotopic (exact) mass is 349 g/mol. The third-order valence-electron chi connectivity index (χ3n) is 3.58. The maximum atomic E-state index is 12.7. The van der Waals surface area contributed by atoms with Gasteiger partial charge in [-0.2, -0.15) is 4.31 Å². The minimum absolute atomic E-state index is 0.00103. The number of sulfonamides is 1. The predicted molar refractivity (Wildman–Crippen MR) is 78.6 cm³/mol. The van der Waals surface area contributed by atoms with Crippen molar-refractivity contribution >= 4 is 27.6 Å². The lowest BCUT2D eigenvalue weighted by molar-refractivity contribution is -0.162. The van der Waals surface area contributed by atoms with E-state index in [-0.39, 0.29) is 35.1 Å². The zero-order valence-corrected chi connectivity index (χ0v) is 13.4. The Labute approximate surface area is 133 Å². The third-order valence-corrected chi connectivity index (χ3v) is 5.68. The largest absolute Gasteiger partial charge is 0.495 e. The number of methoxy groups -OCH3 is 1. The van der Waals surface area contributed by atoms with E-state index in [2.05, 4.69) is 0 Å². The van der Waals surface area contributed by atoms with E-state index in [0.29, 0.717) is 0 Å². The summed E-state index contributed by atoms with van der Waals surface area (Å²) in [5.41, 5.74) is -2.09. The molecule has 7 nitrogen and oxygen atoms in total. The van der Waals surface area contributed by atoms with Crippen molar-refractivity contribution in [3.8, 4) is 5.75 Å². The molecular weight excluding hydrogens is 334 g/mol. The molecule has 1 aromatic rings. The van der Waals surface area contributed by atoms with Gasteiger partial charge in [0.05, 0.1) is 13.7 Å². The number of carbonyl (C=O) groups is 1. The fourth-order valence-electron chi connectivity index (χ4n) is 2.37. The Bertz CT molecular complexity index is 692. The number of aliphatic carboxylic acids is 1. The SMILES string of the molecule is COc1ccc(Cl)cc1S(=O)(=O)N1CCCC(O)(C(=O)O)C1. The average molecular weight is 350 g/mol. The highest BCUT2D eigenvalue weighted by atomic mass is 35.5. The third kappa shape index (κ3) is 3.05. The van der Waals surface area contributed by atoms with Crippen molar-refractivity contribution in [2.75, 3.05) is 20.2 Å². The lowest BCUT2D eigenvalue weighted by Crippen LogP contribution is -2.54. The molecule has 0 spiro atoms. The second kappa shape index (κ2) is 6.04. The van der Waals surface area contributed by atoms with Crippen LogP contribution in [0.1, 0.15) is 12.8 Å². The Kier molecular flexibility index (Phi) is 4.67. The average Bonchev–Trinajstić information content (AvgIpc) is 2.47. The van der Waals surface area contributed by atoms with Crippen LogP contribution in [0.3, 0.4) is 0 Å². The fraction of sp³-hybridized carbons (Fsp3) is 0.462. The first-order valence-electron chi connectivity index (χ1n) is 6.50.